The van der Waals surface area contributed by atoms with E-state index in [-0.39, 0.29) is 0 Å². The minimum Gasteiger partial charge on any atom is -0.397 e. The molecule has 0 spiro atoms. The van der Waals surface area contributed by atoms with E-state index in [1.165, 1.54) is 14.2 Å². The van der Waals surface area contributed by atoms with Crippen LogP contribution in [0.3, 0.4) is 0 Å². The van der Waals surface area contributed by atoms with Gasteiger partial charge in [0.1, 0.15) is 0 Å². The molecule has 0 aromatic heterocycles. The Morgan fingerprint density at radius 3 is 1.55 bits per heavy atom. The molecule has 20 heavy (non-hydrogen) atoms. The smallest absolute Gasteiger partial charge is 0.397 e. The normalized spacial score (nSPS) is 27.4. The Hall–Kier alpha value is 0.331. The highest BCUT2D eigenvalue weighted by Crippen LogP contribution is 2.41. The van der Waals surface area contributed by atoms with Crippen LogP contribution in [0.5, 0.6) is 0 Å². The Labute approximate surface area is 122 Å². The lowest BCUT2D eigenvalue weighted by Crippen LogP contribution is -2.88. The van der Waals surface area contributed by atoms with Gasteiger partial charge in [0.15, 0.2) is 6.29 Å². The number of hydrogen-bond donors (Lipinski definition) is 0. The maximum atomic E-state index is 5.94. The predicted octanol–water partition coefficient (Wildman–Crippen LogP) is -0.152. The highest BCUT2D eigenvalue weighted by atomic mass is 29.7. The van der Waals surface area contributed by atoms with Crippen molar-refractivity contribution >= 4 is 24.0 Å². The lowest BCUT2D eigenvalue weighted by molar-refractivity contribution is -0.0894. The summed E-state index contributed by atoms with van der Waals surface area (Å²) in [6.45, 7) is 0. The van der Waals surface area contributed by atoms with Gasteiger partial charge < -0.3 is 35.7 Å². The third-order valence-electron chi connectivity index (χ3n) is 3.66. The van der Waals surface area contributed by atoms with Crippen molar-refractivity contribution in [3.8, 4) is 0 Å². The summed E-state index contributed by atoms with van der Waals surface area (Å²) in [7, 11) is 1.46. The van der Waals surface area contributed by atoms with Crippen molar-refractivity contribution < 1.29 is 35.7 Å². The van der Waals surface area contributed by atoms with Gasteiger partial charge in [-0.25, -0.2) is 0 Å². The van der Waals surface area contributed by atoms with Crippen LogP contribution in [0, 0.1) is 0 Å². The first-order valence-corrected chi connectivity index (χ1v) is 13.6. The third-order valence-corrected chi connectivity index (χ3v) is 27.9. The van der Waals surface area contributed by atoms with Gasteiger partial charge in [0.25, 0.3) is 0 Å². The largest absolute Gasteiger partial charge is 0.542 e. The fourth-order valence-corrected chi connectivity index (χ4v) is 27.6. The van der Waals surface area contributed by atoms with Crippen LogP contribution in [-0.4, -0.2) is 80.1 Å². The van der Waals surface area contributed by atoms with Gasteiger partial charge in [-0.2, -0.15) is 0 Å². The zero-order chi connectivity index (χ0) is 15.4. The van der Waals surface area contributed by atoms with Crippen LogP contribution in [0.15, 0.2) is 0 Å². The summed E-state index contributed by atoms with van der Waals surface area (Å²) in [6.07, 6.45) is -0.543. The summed E-state index contributed by atoms with van der Waals surface area (Å²) in [5.74, 6) is 0. The molecule has 1 atom stereocenters. The standard InChI is InChI=1S/C9H24O8Si3/c1-10-9-8-18(11-2,12-3)20(15-6,16-7)19(13-4,14-5)17-9/h9H,8H2,1-7H3. The summed E-state index contributed by atoms with van der Waals surface area (Å²) >= 11 is 0. The van der Waals surface area contributed by atoms with Gasteiger partial charge in [-0.3, -0.25) is 0 Å². The quantitative estimate of drug-likeness (QED) is 0.590. The molecule has 1 aliphatic rings. The molecule has 1 unspecified atom stereocenters. The minimum absolute atomic E-state index is 0.422. The fourth-order valence-electron chi connectivity index (χ4n) is 2.62. The second-order valence-electron chi connectivity index (χ2n) is 4.14. The predicted molar refractivity (Wildman–Crippen MR) is 76.0 cm³/mol. The molecule has 0 aliphatic carbocycles. The number of ether oxygens (including phenoxy) is 1. The van der Waals surface area contributed by atoms with Gasteiger partial charge in [-0.15, -0.1) is 0 Å². The van der Waals surface area contributed by atoms with Gasteiger partial charge in [-0.05, 0) is 0 Å². The molecule has 8 nitrogen and oxygen atoms in total. The first-order chi connectivity index (χ1) is 9.50. The van der Waals surface area contributed by atoms with Crippen molar-refractivity contribution in [2.24, 2.45) is 0 Å². The summed E-state index contributed by atoms with van der Waals surface area (Å²) < 4.78 is 45.6. The van der Waals surface area contributed by atoms with E-state index < -0.39 is 30.3 Å². The average molecular weight is 345 g/mol. The molecule has 0 radical (unpaired) electrons. The van der Waals surface area contributed by atoms with E-state index in [0.29, 0.717) is 6.04 Å². The molecule has 1 heterocycles. The minimum atomic E-state index is -3.29. The molecule has 0 saturated carbocycles. The highest BCUT2D eigenvalue weighted by Gasteiger charge is 2.84. The first kappa shape index (κ1) is 18.4. The van der Waals surface area contributed by atoms with E-state index in [9.17, 15) is 0 Å². The van der Waals surface area contributed by atoms with Gasteiger partial charge in [0, 0.05) is 55.8 Å². The zero-order valence-corrected chi connectivity index (χ0v) is 16.1. The molecule has 1 saturated heterocycles. The summed E-state index contributed by atoms with van der Waals surface area (Å²) in [5.41, 5.74) is 0. The molecule has 1 fully saturated rings. The summed E-state index contributed by atoms with van der Waals surface area (Å²) in [4.78, 5) is 0. The number of methoxy groups -OCH3 is 1. The topological polar surface area (TPSA) is 73.8 Å². The summed E-state index contributed by atoms with van der Waals surface area (Å²) in [5, 5.41) is 0. The molecule has 0 bridgehead atoms. The molecule has 120 valence electrons. The van der Waals surface area contributed by atoms with Crippen molar-refractivity contribution in [3.05, 3.63) is 0 Å². The van der Waals surface area contributed by atoms with Gasteiger partial charge >= 0.3 is 24.0 Å². The molecular formula is C9H24O8Si3. The molecular weight excluding hydrogens is 320 g/mol. The SMILES string of the molecule is COC1C[Si](OC)(OC)[Si](OC)(OC)[Si](OC)(OC)O1. The average Bonchev–Trinajstić information content (AvgIpc) is 2.52. The molecule has 11 heteroatoms. The van der Waals surface area contributed by atoms with Crippen molar-refractivity contribution in [2.75, 3.05) is 49.8 Å². The maximum Gasteiger partial charge on any atom is 0.542 e. The van der Waals surface area contributed by atoms with E-state index in [0.717, 1.165) is 0 Å². The zero-order valence-electron chi connectivity index (χ0n) is 13.1. The second-order valence-corrected chi connectivity index (χ2v) is 20.7. The maximum absolute atomic E-state index is 5.94. The Morgan fingerprint density at radius 1 is 0.750 bits per heavy atom. The van der Waals surface area contributed by atoms with Crippen molar-refractivity contribution in [2.45, 2.75) is 12.3 Å². The lowest BCUT2D eigenvalue weighted by atomic mass is 10.8. The van der Waals surface area contributed by atoms with E-state index in [1.54, 1.807) is 35.5 Å². The monoisotopic (exact) mass is 344 g/mol. The van der Waals surface area contributed by atoms with Crippen LogP contribution >= 0.6 is 0 Å². The Morgan fingerprint density at radius 2 is 1.25 bits per heavy atom. The van der Waals surface area contributed by atoms with Crippen LogP contribution in [0.1, 0.15) is 0 Å². The van der Waals surface area contributed by atoms with Crippen LogP contribution in [0.2, 0.25) is 6.04 Å². The number of hydrogen-bond acceptors (Lipinski definition) is 8. The first-order valence-electron chi connectivity index (χ1n) is 6.02. The van der Waals surface area contributed by atoms with E-state index in [4.69, 9.17) is 35.7 Å². The van der Waals surface area contributed by atoms with Crippen LogP contribution < -0.4 is 0 Å². The molecule has 0 aromatic rings. The summed E-state index contributed by atoms with van der Waals surface area (Å²) in [6, 6.07) is 0.422. The molecule has 0 N–H and O–H groups in total. The van der Waals surface area contributed by atoms with Crippen LogP contribution in [0.25, 0.3) is 0 Å². The second kappa shape index (κ2) is 7.06. The Balaban J connectivity index is 3.46. The van der Waals surface area contributed by atoms with Crippen molar-refractivity contribution in [1.29, 1.82) is 0 Å². The van der Waals surface area contributed by atoms with E-state index >= 15 is 0 Å². The van der Waals surface area contributed by atoms with Gasteiger partial charge in [0.2, 0.25) is 0 Å². The molecule has 1 aliphatic heterocycles. The molecule has 0 aromatic carbocycles. The number of rotatable bonds is 7. The van der Waals surface area contributed by atoms with E-state index in [1.807, 2.05) is 0 Å². The third kappa shape index (κ3) is 2.36. The van der Waals surface area contributed by atoms with Crippen LogP contribution in [0.4, 0.5) is 0 Å². The van der Waals surface area contributed by atoms with Crippen molar-refractivity contribution in [3.63, 3.8) is 0 Å². The van der Waals surface area contributed by atoms with Crippen molar-refractivity contribution in [1.82, 2.24) is 0 Å². The van der Waals surface area contributed by atoms with Crippen LogP contribution in [-0.2, 0) is 35.7 Å². The Kier molecular flexibility index (Phi) is 6.49. The molecule has 0 amide bonds. The highest BCUT2D eigenvalue weighted by molar-refractivity contribution is 7.59. The van der Waals surface area contributed by atoms with E-state index in [2.05, 4.69) is 0 Å². The Bertz CT molecular complexity index is 282. The van der Waals surface area contributed by atoms with Gasteiger partial charge in [0.05, 0.1) is 0 Å². The molecule has 1 rings (SSSR count). The van der Waals surface area contributed by atoms with Gasteiger partial charge in [-0.1, -0.05) is 0 Å². The lowest BCUT2D eigenvalue weighted by Gasteiger charge is -2.51. The fraction of sp³-hybridized carbons (Fsp3) is 1.00.